The van der Waals surface area contributed by atoms with E-state index in [0.29, 0.717) is 12.1 Å². The van der Waals surface area contributed by atoms with E-state index in [2.05, 4.69) is 24.4 Å². The third-order valence-corrected chi connectivity index (χ3v) is 4.30. The highest BCUT2D eigenvalue weighted by Crippen LogP contribution is 2.43. The van der Waals surface area contributed by atoms with Crippen molar-refractivity contribution < 1.29 is 4.74 Å². The van der Waals surface area contributed by atoms with Crippen LogP contribution >= 0.6 is 0 Å². The third kappa shape index (κ3) is 1.85. The molecule has 5 unspecified atom stereocenters. The lowest BCUT2D eigenvalue weighted by atomic mass is 9.71. The molecule has 0 aromatic carbocycles. The number of rotatable bonds is 2. The first-order chi connectivity index (χ1) is 7.33. The Morgan fingerprint density at radius 3 is 3.07 bits per heavy atom. The Labute approximate surface area is 92.1 Å². The molecule has 2 heteroatoms. The fourth-order valence-electron chi connectivity index (χ4n) is 3.36. The molecular formula is C13H21NO. The number of fused-ring (bicyclic) bond motifs is 1. The Balaban J connectivity index is 1.51. The van der Waals surface area contributed by atoms with E-state index in [1.54, 1.807) is 0 Å². The van der Waals surface area contributed by atoms with E-state index < -0.39 is 0 Å². The van der Waals surface area contributed by atoms with Gasteiger partial charge in [-0.3, -0.25) is 0 Å². The summed E-state index contributed by atoms with van der Waals surface area (Å²) in [6.45, 7) is 3.13. The summed E-state index contributed by atoms with van der Waals surface area (Å²) in [6, 6.07) is 1.47. The standard InChI is InChI=1S/C13H21NO/c1-9-7-11(5-6-15-9)14-13-8-10-3-2-4-12(10)13/h2,4,9-14H,3,5-8H2,1H3. The van der Waals surface area contributed by atoms with E-state index in [1.165, 1.54) is 25.7 Å². The van der Waals surface area contributed by atoms with Crippen molar-refractivity contribution >= 4 is 0 Å². The predicted molar refractivity (Wildman–Crippen MR) is 60.7 cm³/mol. The molecule has 2 nitrogen and oxygen atoms in total. The van der Waals surface area contributed by atoms with Gasteiger partial charge in [-0.2, -0.15) is 0 Å². The largest absolute Gasteiger partial charge is 0.378 e. The first-order valence-corrected chi connectivity index (χ1v) is 6.37. The molecule has 1 heterocycles. The van der Waals surface area contributed by atoms with E-state index in [0.717, 1.165) is 24.5 Å². The average Bonchev–Trinajstić information content (AvgIpc) is 2.56. The number of nitrogens with one attached hydrogen (secondary N) is 1. The molecule has 0 bridgehead atoms. The van der Waals surface area contributed by atoms with Crippen LogP contribution in [0.5, 0.6) is 0 Å². The summed E-state index contributed by atoms with van der Waals surface area (Å²) in [5.74, 6) is 1.82. The minimum absolute atomic E-state index is 0.450. The molecule has 0 amide bonds. The van der Waals surface area contributed by atoms with Crippen molar-refractivity contribution in [3.63, 3.8) is 0 Å². The van der Waals surface area contributed by atoms with E-state index in [9.17, 15) is 0 Å². The van der Waals surface area contributed by atoms with Gasteiger partial charge in [-0.25, -0.2) is 0 Å². The van der Waals surface area contributed by atoms with Crippen LogP contribution in [0.1, 0.15) is 32.6 Å². The molecule has 15 heavy (non-hydrogen) atoms. The zero-order valence-corrected chi connectivity index (χ0v) is 9.49. The first-order valence-electron chi connectivity index (χ1n) is 6.37. The van der Waals surface area contributed by atoms with Gasteiger partial charge in [0, 0.05) is 18.7 Å². The Morgan fingerprint density at radius 1 is 1.33 bits per heavy atom. The summed E-state index contributed by atoms with van der Waals surface area (Å²) < 4.78 is 5.57. The average molecular weight is 207 g/mol. The highest BCUT2D eigenvalue weighted by Gasteiger charge is 2.41. The van der Waals surface area contributed by atoms with Crippen molar-refractivity contribution in [1.82, 2.24) is 5.32 Å². The van der Waals surface area contributed by atoms with Crippen LogP contribution in [0.3, 0.4) is 0 Å². The van der Waals surface area contributed by atoms with Gasteiger partial charge in [0.2, 0.25) is 0 Å². The number of allylic oxidation sites excluding steroid dienone is 1. The molecule has 1 N–H and O–H groups in total. The summed E-state index contributed by atoms with van der Waals surface area (Å²) in [7, 11) is 0. The summed E-state index contributed by atoms with van der Waals surface area (Å²) >= 11 is 0. The fourth-order valence-corrected chi connectivity index (χ4v) is 3.36. The van der Waals surface area contributed by atoms with Crippen LogP contribution in [0, 0.1) is 11.8 Å². The predicted octanol–water partition coefficient (Wildman–Crippen LogP) is 2.11. The Kier molecular flexibility index (Phi) is 2.57. The zero-order valence-electron chi connectivity index (χ0n) is 9.49. The van der Waals surface area contributed by atoms with Crippen molar-refractivity contribution in [2.24, 2.45) is 11.8 Å². The quantitative estimate of drug-likeness (QED) is 0.700. The molecule has 84 valence electrons. The molecule has 1 saturated heterocycles. The lowest BCUT2D eigenvalue weighted by Gasteiger charge is -2.44. The summed E-state index contributed by atoms with van der Waals surface area (Å²) in [6.07, 6.45) is 10.3. The van der Waals surface area contributed by atoms with Gasteiger partial charge in [-0.1, -0.05) is 12.2 Å². The van der Waals surface area contributed by atoms with Crippen LogP contribution in [0.2, 0.25) is 0 Å². The lowest BCUT2D eigenvalue weighted by molar-refractivity contribution is 0.00406. The number of ether oxygens (including phenoxy) is 1. The maximum absolute atomic E-state index is 5.57. The first kappa shape index (κ1) is 9.86. The normalized spacial score (nSPS) is 48.7. The van der Waals surface area contributed by atoms with Gasteiger partial charge in [0.25, 0.3) is 0 Å². The van der Waals surface area contributed by atoms with Gasteiger partial charge in [0.15, 0.2) is 0 Å². The maximum atomic E-state index is 5.57. The molecule has 3 aliphatic rings. The van der Waals surface area contributed by atoms with E-state index >= 15 is 0 Å². The topological polar surface area (TPSA) is 21.3 Å². The molecular weight excluding hydrogens is 186 g/mol. The van der Waals surface area contributed by atoms with E-state index in [-0.39, 0.29) is 0 Å². The fraction of sp³-hybridized carbons (Fsp3) is 0.846. The Bertz CT molecular complexity index is 263. The molecule has 0 radical (unpaired) electrons. The van der Waals surface area contributed by atoms with Gasteiger partial charge in [0.1, 0.15) is 0 Å². The third-order valence-electron chi connectivity index (χ3n) is 4.30. The van der Waals surface area contributed by atoms with Crippen molar-refractivity contribution in [2.75, 3.05) is 6.61 Å². The molecule has 0 aromatic heterocycles. The minimum atomic E-state index is 0.450. The molecule has 2 aliphatic carbocycles. The summed E-state index contributed by atoms with van der Waals surface area (Å²) in [5, 5.41) is 3.83. The van der Waals surface area contributed by atoms with Crippen molar-refractivity contribution in [2.45, 2.75) is 50.8 Å². The lowest BCUT2D eigenvalue weighted by Crippen LogP contribution is -2.53. The molecule has 1 aliphatic heterocycles. The van der Waals surface area contributed by atoms with Crippen molar-refractivity contribution in [1.29, 1.82) is 0 Å². The van der Waals surface area contributed by atoms with E-state index in [1.807, 2.05) is 0 Å². The molecule has 3 rings (SSSR count). The second-order valence-electron chi connectivity index (χ2n) is 5.41. The SMILES string of the molecule is CC1CC(NC2CC3CC=CC32)CCO1. The van der Waals surface area contributed by atoms with Crippen LogP contribution in [0.15, 0.2) is 12.2 Å². The highest BCUT2D eigenvalue weighted by molar-refractivity contribution is 5.13. The highest BCUT2D eigenvalue weighted by atomic mass is 16.5. The zero-order chi connectivity index (χ0) is 10.3. The molecule has 0 aromatic rings. The van der Waals surface area contributed by atoms with Gasteiger partial charge in [-0.15, -0.1) is 0 Å². The van der Waals surface area contributed by atoms with Crippen LogP contribution in [0.25, 0.3) is 0 Å². The second-order valence-corrected chi connectivity index (χ2v) is 5.41. The van der Waals surface area contributed by atoms with Crippen LogP contribution in [-0.2, 0) is 4.74 Å². The molecule has 0 spiro atoms. The number of hydrogen-bond acceptors (Lipinski definition) is 2. The summed E-state index contributed by atoms with van der Waals surface area (Å²) in [4.78, 5) is 0. The van der Waals surface area contributed by atoms with Crippen molar-refractivity contribution in [3.8, 4) is 0 Å². The minimum Gasteiger partial charge on any atom is -0.378 e. The van der Waals surface area contributed by atoms with Crippen LogP contribution in [0.4, 0.5) is 0 Å². The number of hydrogen-bond donors (Lipinski definition) is 1. The van der Waals surface area contributed by atoms with Gasteiger partial charge >= 0.3 is 0 Å². The second kappa shape index (κ2) is 3.91. The molecule has 1 saturated carbocycles. The van der Waals surface area contributed by atoms with Gasteiger partial charge in [0.05, 0.1) is 6.10 Å². The van der Waals surface area contributed by atoms with Crippen molar-refractivity contribution in [3.05, 3.63) is 12.2 Å². The van der Waals surface area contributed by atoms with Gasteiger partial charge < -0.3 is 10.1 Å². The van der Waals surface area contributed by atoms with Crippen LogP contribution in [-0.4, -0.2) is 24.8 Å². The van der Waals surface area contributed by atoms with Crippen LogP contribution < -0.4 is 5.32 Å². The monoisotopic (exact) mass is 207 g/mol. The molecule has 2 fully saturated rings. The van der Waals surface area contributed by atoms with Gasteiger partial charge in [-0.05, 0) is 44.4 Å². The Morgan fingerprint density at radius 2 is 2.27 bits per heavy atom. The maximum Gasteiger partial charge on any atom is 0.0561 e. The smallest absolute Gasteiger partial charge is 0.0561 e. The van der Waals surface area contributed by atoms with E-state index in [4.69, 9.17) is 4.74 Å². The Hall–Kier alpha value is -0.340. The summed E-state index contributed by atoms with van der Waals surface area (Å²) in [5.41, 5.74) is 0. The molecule has 5 atom stereocenters.